The number of hydrogen-bond acceptors (Lipinski definition) is 2. The third-order valence-corrected chi connectivity index (χ3v) is 1.72. The van der Waals surface area contributed by atoms with Crippen LogP contribution in [-0.4, -0.2) is 9.91 Å². The van der Waals surface area contributed by atoms with Crippen molar-refractivity contribution in [2.75, 3.05) is 0 Å². The van der Waals surface area contributed by atoms with Gasteiger partial charge in [-0.2, -0.15) is 0 Å². The molecule has 0 fully saturated rings. The Labute approximate surface area is 64.4 Å². The van der Waals surface area contributed by atoms with Crippen molar-refractivity contribution in [2.45, 2.75) is 20.4 Å². The third kappa shape index (κ3) is 1.58. The largest absolute Gasteiger partial charge is 0.365 e. The van der Waals surface area contributed by atoms with E-state index in [-0.39, 0.29) is 11.5 Å². The number of aromatic amines is 1. The molecule has 1 aromatic heterocycles. The number of H-pyrrole nitrogens is 1. The quantitative estimate of drug-likeness (QED) is 0.517. The first-order valence-corrected chi connectivity index (χ1v) is 3.36. The van der Waals surface area contributed by atoms with E-state index in [0.29, 0.717) is 0 Å². The average molecular weight is 154 g/mol. The molecule has 0 aliphatic carbocycles. The minimum atomic E-state index is -0.316. The van der Waals surface area contributed by atoms with Crippen molar-refractivity contribution in [2.24, 2.45) is 0 Å². The molecule has 0 bridgehead atoms. The molecule has 1 heterocycles. The number of nitrogens with zero attached hydrogens (tertiary/aromatic N) is 1. The van der Waals surface area contributed by atoms with Gasteiger partial charge in [-0.15, -0.1) is 0 Å². The Bertz CT molecular complexity index is 258. The van der Waals surface area contributed by atoms with Gasteiger partial charge in [0.1, 0.15) is 0 Å². The molecular weight excluding hydrogens is 144 g/mol. The van der Waals surface area contributed by atoms with Crippen LogP contribution in [0.5, 0.6) is 0 Å². The molecule has 1 rings (SSSR count). The zero-order valence-electron chi connectivity index (χ0n) is 6.55. The van der Waals surface area contributed by atoms with E-state index in [4.69, 9.17) is 0 Å². The van der Waals surface area contributed by atoms with Crippen molar-refractivity contribution in [3.63, 3.8) is 0 Å². The number of nitrogens with one attached hydrogen (secondary N) is 1. The van der Waals surface area contributed by atoms with E-state index >= 15 is 0 Å². The second-order valence-electron chi connectivity index (χ2n) is 2.57. The smallest absolute Gasteiger partial charge is 0.230 e. The molecule has 0 unspecified atom stereocenters. The topological polar surface area (TPSA) is 58.9 Å². The SMILES string of the molecule is Cc1c[nH]c(C)c1C[N+](=O)[O-]. The lowest BCUT2D eigenvalue weighted by molar-refractivity contribution is -0.497. The molecule has 0 saturated heterocycles. The van der Waals surface area contributed by atoms with E-state index < -0.39 is 0 Å². The van der Waals surface area contributed by atoms with Crippen molar-refractivity contribution < 1.29 is 4.92 Å². The molecule has 0 aromatic carbocycles. The number of nitro groups is 1. The van der Waals surface area contributed by atoms with Crippen molar-refractivity contribution in [3.05, 3.63) is 33.1 Å². The Hall–Kier alpha value is -1.32. The van der Waals surface area contributed by atoms with Crippen LogP contribution in [0.3, 0.4) is 0 Å². The first-order valence-electron chi connectivity index (χ1n) is 3.36. The average Bonchev–Trinajstić information content (AvgIpc) is 2.18. The summed E-state index contributed by atoms with van der Waals surface area (Å²) in [7, 11) is 0. The molecule has 0 amide bonds. The van der Waals surface area contributed by atoms with Crippen LogP contribution in [0.4, 0.5) is 0 Å². The third-order valence-electron chi connectivity index (χ3n) is 1.72. The molecule has 0 saturated carbocycles. The van der Waals surface area contributed by atoms with Crippen LogP contribution in [0.2, 0.25) is 0 Å². The Balaban J connectivity index is 2.92. The van der Waals surface area contributed by atoms with Crippen LogP contribution in [0, 0.1) is 24.0 Å². The minimum absolute atomic E-state index is 0.0822. The summed E-state index contributed by atoms with van der Waals surface area (Å²) in [4.78, 5) is 12.8. The van der Waals surface area contributed by atoms with Gasteiger partial charge in [-0.05, 0) is 19.4 Å². The summed E-state index contributed by atoms with van der Waals surface area (Å²) < 4.78 is 0. The summed E-state index contributed by atoms with van der Waals surface area (Å²) in [5, 5.41) is 10.2. The summed E-state index contributed by atoms with van der Waals surface area (Å²) in [6.45, 7) is 3.62. The van der Waals surface area contributed by atoms with Gasteiger partial charge in [0.25, 0.3) is 0 Å². The maximum atomic E-state index is 10.2. The van der Waals surface area contributed by atoms with Crippen LogP contribution in [0.1, 0.15) is 16.8 Å². The Morgan fingerprint density at radius 3 is 2.64 bits per heavy atom. The number of hydrogen-bond donors (Lipinski definition) is 1. The standard InChI is InChI=1S/C7H10N2O2/c1-5-3-8-6(2)7(5)4-9(10)11/h3,8H,4H2,1-2H3. The fourth-order valence-corrected chi connectivity index (χ4v) is 1.06. The fourth-order valence-electron chi connectivity index (χ4n) is 1.06. The molecule has 0 atom stereocenters. The lowest BCUT2D eigenvalue weighted by atomic mass is 10.2. The highest BCUT2D eigenvalue weighted by molar-refractivity contribution is 5.27. The van der Waals surface area contributed by atoms with Crippen LogP contribution >= 0.6 is 0 Å². The first kappa shape index (κ1) is 7.78. The predicted molar refractivity (Wildman–Crippen MR) is 41.0 cm³/mol. The molecule has 0 spiro atoms. The molecule has 1 N–H and O–H groups in total. The van der Waals surface area contributed by atoms with Gasteiger partial charge in [0.15, 0.2) is 0 Å². The second-order valence-corrected chi connectivity index (χ2v) is 2.57. The van der Waals surface area contributed by atoms with Gasteiger partial charge >= 0.3 is 0 Å². The lowest BCUT2D eigenvalue weighted by Crippen LogP contribution is -1.99. The van der Waals surface area contributed by atoms with Crippen molar-refractivity contribution in [1.82, 2.24) is 4.98 Å². The van der Waals surface area contributed by atoms with Gasteiger partial charge in [0.2, 0.25) is 6.54 Å². The van der Waals surface area contributed by atoms with E-state index in [1.165, 1.54) is 0 Å². The molecule has 11 heavy (non-hydrogen) atoms. The highest BCUT2D eigenvalue weighted by atomic mass is 16.6. The molecule has 60 valence electrons. The zero-order chi connectivity index (χ0) is 8.43. The Morgan fingerprint density at radius 2 is 2.27 bits per heavy atom. The van der Waals surface area contributed by atoms with E-state index in [2.05, 4.69) is 4.98 Å². The maximum Gasteiger partial charge on any atom is 0.230 e. The van der Waals surface area contributed by atoms with Crippen LogP contribution in [-0.2, 0) is 6.54 Å². The summed E-state index contributed by atoms with van der Waals surface area (Å²) in [5.41, 5.74) is 2.65. The van der Waals surface area contributed by atoms with Gasteiger partial charge in [-0.3, -0.25) is 10.1 Å². The van der Waals surface area contributed by atoms with Crippen LogP contribution in [0.15, 0.2) is 6.20 Å². The molecule has 1 aromatic rings. The number of aromatic nitrogens is 1. The normalized spacial score (nSPS) is 10.0. The number of rotatable bonds is 2. The highest BCUT2D eigenvalue weighted by Gasteiger charge is 2.09. The summed E-state index contributed by atoms with van der Waals surface area (Å²) in [6, 6.07) is 0. The fraction of sp³-hybridized carbons (Fsp3) is 0.429. The summed E-state index contributed by atoms with van der Waals surface area (Å²) >= 11 is 0. The van der Waals surface area contributed by atoms with Crippen LogP contribution < -0.4 is 0 Å². The maximum absolute atomic E-state index is 10.2. The van der Waals surface area contributed by atoms with Gasteiger partial charge in [0.05, 0.1) is 0 Å². The van der Waals surface area contributed by atoms with E-state index in [1.807, 2.05) is 13.8 Å². The minimum Gasteiger partial charge on any atom is -0.365 e. The van der Waals surface area contributed by atoms with Gasteiger partial charge in [0, 0.05) is 22.4 Å². The van der Waals surface area contributed by atoms with Gasteiger partial charge < -0.3 is 4.98 Å². The molecule has 4 nitrogen and oxygen atoms in total. The zero-order valence-corrected chi connectivity index (χ0v) is 6.55. The van der Waals surface area contributed by atoms with Gasteiger partial charge in [-0.25, -0.2) is 0 Å². The Morgan fingerprint density at radius 1 is 1.64 bits per heavy atom. The van der Waals surface area contributed by atoms with Gasteiger partial charge in [-0.1, -0.05) is 0 Å². The lowest BCUT2D eigenvalue weighted by Gasteiger charge is -1.93. The molecule has 0 radical (unpaired) electrons. The number of aryl methyl sites for hydroxylation is 2. The van der Waals surface area contributed by atoms with Crippen LogP contribution in [0.25, 0.3) is 0 Å². The summed E-state index contributed by atoms with van der Waals surface area (Å²) in [5.74, 6) is 0. The predicted octanol–water partition coefficient (Wildman–Crippen LogP) is 1.41. The molecule has 4 heteroatoms. The van der Waals surface area contributed by atoms with Crippen molar-refractivity contribution in [1.29, 1.82) is 0 Å². The Kier molecular flexibility index (Phi) is 1.94. The summed E-state index contributed by atoms with van der Waals surface area (Å²) in [6.07, 6.45) is 1.79. The van der Waals surface area contributed by atoms with Crippen molar-refractivity contribution >= 4 is 0 Å². The first-order chi connectivity index (χ1) is 5.11. The molecule has 0 aliphatic heterocycles. The molecule has 0 aliphatic rings. The second kappa shape index (κ2) is 2.74. The van der Waals surface area contributed by atoms with E-state index in [1.54, 1.807) is 6.20 Å². The van der Waals surface area contributed by atoms with E-state index in [9.17, 15) is 10.1 Å². The highest BCUT2D eigenvalue weighted by Crippen LogP contribution is 2.12. The molecular formula is C7H10N2O2. The van der Waals surface area contributed by atoms with Crippen molar-refractivity contribution in [3.8, 4) is 0 Å². The monoisotopic (exact) mass is 154 g/mol. The van der Waals surface area contributed by atoms with E-state index in [0.717, 1.165) is 16.8 Å².